The van der Waals surface area contributed by atoms with E-state index >= 15 is 0 Å². The Morgan fingerprint density at radius 2 is 1.86 bits per heavy atom. The molecule has 0 spiro atoms. The van der Waals surface area contributed by atoms with Crippen LogP contribution in [0.15, 0.2) is 0 Å². The molecule has 0 N–H and O–H groups in total. The van der Waals surface area contributed by atoms with E-state index in [1.165, 1.54) is 0 Å². The maximum absolute atomic E-state index is 13.3. The maximum Gasteiger partial charge on any atom is 0.361 e. The van der Waals surface area contributed by atoms with E-state index in [1.807, 2.05) is 13.8 Å². The first-order valence-corrected chi connectivity index (χ1v) is 14.1. The highest BCUT2D eigenvalue weighted by Crippen LogP contribution is 2.54. The second kappa shape index (κ2) is 8.00. The molecule has 2 aliphatic rings. The summed E-state index contributed by atoms with van der Waals surface area (Å²) in [6, 6.07) is -0.118. The normalized spacial score (nSPS) is 34.1. The van der Waals surface area contributed by atoms with Crippen LogP contribution < -0.4 is 0 Å². The van der Waals surface area contributed by atoms with Gasteiger partial charge in [0, 0.05) is 6.61 Å². The Morgan fingerprint density at radius 3 is 2.32 bits per heavy atom. The number of amides is 1. The lowest BCUT2D eigenvalue weighted by Crippen LogP contribution is -2.72. The number of β-lactam (4-membered cyclic amide) rings is 1. The molecule has 0 aliphatic carbocycles. The number of fused-ring (bicyclic) bond motifs is 1. The third kappa shape index (κ3) is 3.48. The fraction of sp³-hybridized carbons (Fsp3) is 0.900. The molecule has 0 unspecified atom stereocenters. The Balaban J connectivity index is 2.33. The summed E-state index contributed by atoms with van der Waals surface area (Å²) in [7, 11) is -2.02. The van der Waals surface area contributed by atoms with Gasteiger partial charge in [0.05, 0.1) is 29.5 Å². The zero-order chi connectivity index (χ0) is 21.7. The van der Waals surface area contributed by atoms with E-state index in [1.54, 1.807) is 11.8 Å². The molecule has 2 fully saturated rings. The fourth-order valence-corrected chi connectivity index (χ4v) is 6.49. The minimum absolute atomic E-state index is 0.0316. The topological polar surface area (TPSA) is 65.1 Å². The number of esters is 1. The van der Waals surface area contributed by atoms with Gasteiger partial charge in [0.2, 0.25) is 5.91 Å². The molecule has 28 heavy (non-hydrogen) atoms. The molecule has 6 atom stereocenters. The molecule has 0 aromatic rings. The van der Waals surface area contributed by atoms with Crippen molar-refractivity contribution in [2.24, 2.45) is 11.8 Å². The lowest BCUT2D eigenvalue weighted by molar-refractivity contribution is -0.219. The van der Waals surface area contributed by atoms with Gasteiger partial charge in [-0.2, -0.15) is 0 Å². The van der Waals surface area contributed by atoms with Crippen LogP contribution in [0, 0.1) is 11.8 Å². The number of carbonyl (C=O) groups is 2. The van der Waals surface area contributed by atoms with Gasteiger partial charge in [0.25, 0.3) is 5.72 Å². The zero-order valence-corrected chi connectivity index (χ0v) is 21.3. The van der Waals surface area contributed by atoms with E-state index < -0.39 is 20.0 Å². The first-order chi connectivity index (χ1) is 12.8. The van der Waals surface area contributed by atoms with Crippen molar-refractivity contribution < 1.29 is 23.5 Å². The van der Waals surface area contributed by atoms with E-state index in [0.29, 0.717) is 6.61 Å². The van der Waals surface area contributed by atoms with E-state index in [0.717, 1.165) is 0 Å². The maximum atomic E-state index is 13.3. The number of halogens is 1. The largest absolute Gasteiger partial charge is 0.462 e. The van der Waals surface area contributed by atoms with Crippen molar-refractivity contribution >= 4 is 36.1 Å². The Hall–Kier alpha value is -0.443. The van der Waals surface area contributed by atoms with Crippen molar-refractivity contribution in [2.75, 3.05) is 13.2 Å². The molecule has 8 heteroatoms. The highest BCUT2D eigenvalue weighted by Gasteiger charge is 2.73. The van der Waals surface area contributed by atoms with Crippen LogP contribution >= 0.6 is 15.9 Å². The molecule has 0 saturated carbocycles. The SMILES string of the molecule is CCOC(=O)[C@]1(OCC)[C@@H](Br)[C@H](C)[C@@H]2[C@@H]([C@@H](C)O[Si](C)(C)C(C)(C)C)C(=O)N21. The molecule has 2 rings (SSSR count). The van der Waals surface area contributed by atoms with Gasteiger partial charge >= 0.3 is 5.97 Å². The standard InChI is InChI=1S/C20H36BrNO5Si/c1-10-25-18(24)20(26-11-2)16(21)12(3)15-14(17(23)22(15)20)13(4)27-28(8,9)19(5,6)7/h12-16H,10-11H2,1-9H3/t12-,13-,14-,15-,16+,20-/m1/s1. The molecule has 2 aliphatic heterocycles. The Kier molecular flexibility index (Phi) is 6.81. The molecule has 1 amide bonds. The summed E-state index contributed by atoms with van der Waals surface area (Å²) >= 11 is 3.67. The molecular formula is C20H36BrNO5Si. The molecular weight excluding hydrogens is 442 g/mol. The third-order valence-corrected chi connectivity index (χ3v) is 12.7. The van der Waals surface area contributed by atoms with Gasteiger partial charge in [0.15, 0.2) is 8.32 Å². The van der Waals surface area contributed by atoms with Gasteiger partial charge in [-0.1, -0.05) is 43.6 Å². The number of nitrogens with zero attached hydrogens (tertiary/aromatic N) is 1. The Bertz CT molecular complexity index is 622. The van der Waals surface area contributed by atoms with E-state index in [4.69, 9.17) is 13.9 Å². The monoisotopic (exact) mass is 477 g/mol. The van der Waals surface area contributed by atoms with Crippen LogP contribution in [0.2, 0.25) is 18.1 Å². The summed E-state index contributed by atoms with van der Waals surface area (Å²) in [5, 5.41) is 0.0625. The second-order valence-corrected chi connectivity index (χ2v) is 15.2. The minimum atomic E-state index is -2.02. The number of ether oxygens (including phenoxy) is 2. The molecule has 0 aromatic heterocycles. The van der Waals surface area contributed by atoms with Crippen LogP contribution in [0.4, 0.5) is 0 Å². The van der Waals surface area contributed by atoms with Crippen LogP contribution in [0.1, 0.15) is 48.5 Å². The van der Waals surface area contributed by atoms with Gasteiger partial charge in [-0.15, -0.1) is 0 Å². The summed E-state index contributed by atoms with van der Waals surface area (Å²) in [6.45, 7) is 19.1. The quantitative estimate of drug-likeness (QED) is 0.240. The van der Waals surface area contributed by atoms with E-state index in [2.05, 4.69) is 56.7 Å². The van der Waals surface area contributed by atoms with Crippen LogP contribution in [0.3, 0.4) is 0 Å². The lowest BCUT2D eigenvalue weighted by atomic mass is 9.79. The number of rotatable bonds is 7. The predicted octanol–water partition coefficient (Wildman–Crippen LogP) is 3.93. The molecule has 162 valence electrons. The first-order valence-electron chi connectivity index (χ1n) is 10.2. The highest BCUT2D eigenvalue weighted by atomic mass is 79.9. The van der Waals surface area contributed by atoms with Gasteiger partial charge in [-0.05, 0) is 44.8 Å². The Morgan fingerprint density at radius 1 is 1.29 bits per heavy atom. The summed E-state index contributed by atoms with van der Waals surface area (Å²) in [4.78, 5) is 27.4. The molecule has 2 heterocycles. The highest BCUT2D eigenvalue weighted by molar-refractivity contribution is 9.09. The zero-order valence-electron chi connectivity index (χ0n) is 18.7. The van der Waals surface area contributed by atoms with Crippen molar-refractivity contribution in [1.82, 2.24) is 4.90 Å². The van der Waals surface area contributed by atoms with Gasteiger partial charge < -0.3 is 13.9 Å². The van der Waals surface area contributed by atoms with E-state index in [-0.39, 0.29) is 46.4 Å². The fourth-order valence-electron chi connectivity index (χ4n) is 4.21. The third-order valence-electron chi connectivity index (χ3n) is 6.65. The number of hydrogen-bond acceptors (Lipinski definition) is 5. The second-order valence-electron chi connectivity index (χ2n) is 9.42. The Labute approximate surface area is 178 Å². The molecule has 0 aromatic carbocycles. The van der Waals surface area contributed by atoms with Crippen molar-refractivity contribution in [3.05, 3.63) is 0 Å². The van der Waals surface area contributed by atoms with Crippen molar-refractivity contribution in [2.45, 2.75) is 89.3 Å². The summed E-state index contributed by atoms with van der Waals surface area (Å²) in [6.07, 6.45) is -0.212. The van der Waals surface area contributed by atoms with Crippen LogP contribution in [0.25, 0.3) is 0 Å². The first kappa shape index (κ1) is 23.8. The predicted molar refractivity (Wildman–Crippen MR) is 115 cm³/mol. The van der Waals surface area contributed by atoms with Gasteiger partial charge in [0.1, 0.15) is 0 Å². The van der Waals surface area contributed by atoms with Crippen LogP contribution in [-0.2, 0) is 23.5 Å². The molecule has 2 saturated heterocycles. The molecule has 0 radical (unpaired) electrons. The number of carbonyl (C=O) groups excluding carboxylic acids is 2. The molecule has 6 nitrogen and oxygen atoms in total. The minimum Gasteiger partial charge on any atom is -0.462 e. The van der Waals surface area contributed by atoms with E-state index in [9.17, 15) is 9.59 Å². The van der Waals surface area contributed by atoms with Gasteiger partial charge in [-0.25, -0.2) is 4.79 Å². The number of alkyl halides is 1. The molecule has 0 bridgehead atoms. The summed E-state index contributed by atoms with van der Waals surface area (Å²) < 4.78 is 17.8. The van der Waals surface area contributed by atoms with Crippen LogP contribution in [0.5, 0.6) is 0 Å². The average molecular weight is 479 g/mol. The van der Waals surface area contributed by atoms with Crippen molar-refractivity contribution in [3.63, 3.8) is 0 Å². The smallest absolute Gasteiger partial charge is 0.361 e. The lowest BCUT2D eigenvalue weighted by Gasteiger charge is -2.52. The average Bonchev–Trinajstić information content (AvgIpc) is 2.73. The number of hydrogen-bond donors (Lipinski definition) is 0. The van der Waals surface area contributed by atoms with Gasteiger partial charge in [-0.3, -0.25) is 9.69 Å². The summed E-state index contributed by atoms with van der Waals surface area (Å²) in [5.74, 6) is -0.839. The summed E-state index contributed by atoms with van der Waals surface area (Å²) in [5.41, 5.74) is -1.40. The van der Waals surface area contributed by atoms with Crippen molar-refractivity contribution in [1.29, 1.82) is 0 Å². The van der Waals surface area contributed by atoms with Crippen molar-refractivity contribution in [3.8, 4) is 0 Å². The van der Waals surface area contributed by atoms with Crippen LogP contribution in [-0.4, -0.2) is 61.0 Å².